The smallest absolute Gasteiger partial charge is 0.260 e. The van der Waals surface area contributed by atoms with Crippen LogP contribution in [0.1, 0.15) is 12.8 Å². The zero-order valence-corrected chi connectivity index (χ0v) is 12.9. The molecule has 0 spiro atoms. The Morgan fingerprint density at radius 2 is 2.05 bits per heavy atom. The molecular formula is C11H16ClN5O2S. The van der Waals surface area contributed by atoms with E-state index >= 15 is 0 Å². The Morgan fingerprint density at radius 3 is 2.50 bits per heavy atom. The monoisotopic (exact) mass is 317 g/mol. The van der Waals surface area contributed by atoms with Gasteiger partial charge in [-0.05, 0) is 19.9 Å². The van der Waals surface area contributed by atoms with Crippen molar-refractivity contribution in [3.63, 3.8) is 0 Å². The number of aromatic nitrogens is 2. The van der Waals surface area contributed by atoms with Crippen molar-refractivity contribution in [2.24, 2.45) is 7.05 Å². The van der Waals surface area contributed by atoms with E-state index in [9.17, 15) is 13.7 Å². The Morgan fingerprint density at radius 1 is 1.45 bits per heavy atom. The first-order valence-corrected chi connectivity index (χ1v) is 7.97. The highest BCUT2D eigenvalue weighted by atomic mass is 35.5. The van der Waals surface area contributed by atoms with E-state index in [4.69, 9.17) is 11.6 Å². The van der Waals surface area contributed by atoms with Crippen LogP contribution in [0.25, 0.3) is 0 Å². The molecule has 0 amide bonds. The fourth-order valence-corrected chi connectivity index (χ4v) is 4.28. The van der Waals surface area contributed by atoms with Gasteiger partial charge in [0, 0.05) is 20.1 Å². The van der Waals surface area contributed by atoms with Gasteiger partial charge in [-0.15, -0.1) is 0 Å². The summed E-state index contributed by atoms with van der Waals surface area (Å²) < 4.78 is 28.5. The Bertz CT molecular complexity index is 621. The summed E-state index contributed by atoms with van der Waals surface area (Å²) in [5.41, 5.74) is -1.08. The van der Waals surface area contributed by atoms with Crippen LogP contribution < -0.4 is 4.72 Å². The van der Waals surface area contributed by atoms with Gasteiger partial charge in [-0.2, -0.15) is 15.1 Å². The maximum Gasteiger partial charge on any atom is 0.260 e. The molecule has 0 unspecified atom stereocenters. The molecule has 1 aromatic rings. The molecule has 2 heterocycles. The predicted octanol–water partition coefficient (Wildman–Crippen LogP) is 0.340. The number of nitrogens with one attached hydrogen (secondary N) is 1. The van der Waals surface area contributed by atoms with E-state index in [1.807, 2.05) is 7.05 Å². The summed E-state index contributed by atoms with van der Waals surface area (Å²) in [4.78, 5) is 2.06. The van der Waals surface area contributed by atoms with E-state index in [0.29, 0.717) is 25.9 Å². The molecule has 110 valence electrons. The number of nitrogens with zero attached hydrogens (tertiary/aromatic N) is 4. The molecule has 1 aliphatic heterocycles. The van der Waals surface area contributed by atoms with E-state index < -0.39 is 15.6 Å². The van der Waals surface area contributed by atoms with E-state index in [1.54, 1.807) is 0 Å². The number of nitriles is 1. The molecule has 1 N–H and O–H groups in total. The lowest BCUT2D eigenvalue weighted by Gasteiger charge is -2.35. The molecular weight excluding hydrogens is 302 g/mol. The van der Waals surface area contributed by atoms with Gasteiger partial charge in [0.1, 0.15) is 5.54 Å². The molecule has 0 bridgehead atoms. The molecule has 0 aromatic carbocycles. The summed E-state index contributed by atoms with van der Waals surface area (Å²) in [6.07, 6.45) is 2.15. The molecule has 0 atom stereocenters. The first kappa shape index (κ1) is 15.3. The van der Waals surface area contributed by atoms with Gasteiger partial charge in [0.25, 0.3) is 10.0 Å². The molecule has 20 heavy (non-hydrogen) atoms. The summed E-state index contributed by atoms with van der Waals surface area (Å²) in [6, 6.07) is 2.11. The molecule has 1 fully saturated rings. The Balaban J connectivity index is 2.30. The summed E-state index contributed by atoms with van der Waals surface area (Å²) in [5, 5.41) is 13.1. The van der Waals surface area contributed by atoms with Crippen LogP contribution in [0.15, 0.2) is 11.2 Å². The number of hydrogen-bond acceptors (Lipinski definition) is 5. The van der Waals surface area contributed by atoms with Crippen molar-refractivity contribution in [2.75, 3.05) is 20.1 Å². The molecule has 7 nitrogen and oxygen atoms in total. The third-order valence-electron chi connectivity index (χ3n) is 3.48. The van der Waals surface area contributed by atoms with E-state index in [0.717, 1.165) is 0 Å². The minimum atomic E-state index is -3.89. The highest BCUT2D eigenvalue weighted by Gasteiger charge is 2.39. The van der Waals surface area contributed by atoms with Gasteiger partial charge >= 0.3 is 0 Å². The topological polar surface area (TPSA) is 91.0 Å². The van der Waals surface area contributed by atoms with Crippen molar-refractivity contribution in [1.82, 2.24) is 19.4 Å². The molecule has 1 aliphatic rings. The number of halogens is 1. The van der Waals surface area contributed by atoms with Gasteiger partial charge in [0.05, 0.1) is 17.3 Å². The maximum absolute atomic E-state index is 12.4. The number of piperidine rings is 1. The number of sulfonamides is 1. The van der Waals surface area contributed by atoms with Crippen LogP contribution in [-0.4, -0.2) is 48.8 Å². The van der Waals surface area contributed by atoms with Gasteiger partial charge in [0.2, 0.25) is 0 Å². The van der Waals surface area contributed by atoms with E-state index in [-0.39, 0.29) is 10.0 Å². The van der Waals surface area contributed by atoms with Gasteiger partial charge in [-0.3, -0.25) is 4.68 Å². The summed E-state index contributed by atoms with van der Waals surface area (Å²) >= 11 is 5.87. The average Bonchev–Trinajstić information content (AvgIpc) is 2.72. The zero-order chi connectivity index (χ0) is 15.0. The van der Waals surface area contributed by atoms with Crippen LogP contribution in [0.3, 0.4) is 0 Å². The summed E-state index contributed by atoms with van der Waals surface area (Å²) in [5.74, 6) is 0. The average molecular weight is 318 g/mol. The molecule has 1 aromatic heterocycles. The van der Waals surface area contributed by atoms with Crippen molar-refractivity contribution in [3.05, 3.63) is 11.2 Å². The van der Waals surface area contributed by atoms with Gasteiger partial charge in [-0.25, -0.2) is 8.42 Å². The standard InChI is InChI=1S/C11H16ClN5O2S/c1-16-5-3-11(8-13,4-6-16)15-20(18,19)10-9(12)7-14-17(10)2/h7,15H,3-6H2,1-2H3. The van der Waals surface area contributed by atoms with Crippen LogP contribution in [0.2, 0.25) is 5.02 Å². The van der Waals surface area contributed by atoms with E-state index in [1.165, 1.54) is 17.9 Å². The van der Waals surface area contributed by atoms with Crippen LogP contribution in [0.4, 0.5) is 0 Å². The van der Waals surface area contributed by atoms with Gasteiger partial charge in [-0.1, -0.05) is 11.6 Å². The van der Waals surface area contributed by atoms with Gasteiger partial charge in [0.15, 0.2) is 5.03 Å². The SMILES string of the molecule is CN1CCC(C#N)(NS(=O)(=O)c2c(Cl)cnn2C)CC1. The van der Waals surface area contributed by atoms with Crippen LogP contribution in [0.5, 0.6) is 0 Å². The summed E-state index contributed by atoms with van der Waals surface area (Å²) in [6.45, 7) is 1.32. The highest BCUT2D eigenvalue weighted by Crippen LogP contribution is 2.26. The lowest BCUT2D eigenvalue weighted by atomic mass is 9.91. The van der Waals surface area contributed by atoms with Crippen molar-refractivity contribution < 1.29 is 8.42 Å². The number of hydrogen-bond donors (Lipinski definition) is 1. The molecule has 0 saturated carbocycles. The minimum Gasteiger partial charge on any atom is -0.306 e. The van der Waals surface area contributed by atoms with E-state index in [2.05, 4.69) is 20.8 Å². The second-order valence-corrected chi connectivity index (χ2v) is 7.03. The first-order valence-electron chi connectivity index (χ1n) is 6.11. The lowest BCUT2D eigenvalue weighted by Crippen LogP contribution is -2.53. The predicted molar refractivity (Wildman–Crippen MR) is 73.6 cm³/mol. The number of rotatable bonds is 3. The number of aryl methyl sites for hydroxylation is 1. The third-order valence-corrected chi connectivity index (χ3v) is 5.52. The van der Waals surface area contributed by atoms with Crippen molar-refractivity contribution in [3.8, 4) is 6.07 Å². The number of likely N-dealkylation sites (tertiary alicyclic amines) is 1. The Kier molecular flexibility index (Phi) is 4.07. The van der Waals surface area contributed by atoms with Crippen molar-refractivity contribution >= 4 is 21.6 Å². The summed E-state index contributed by atoms with van der Waals surface area (Å²) in [7, 11) is -0.456. The van der Waals surface area contributed by atoms with Crippen LogP contribution in [-0.2, 0) is 17.1 Å². The molecule has 9 heteroatoms. The quantitative estimate of drug-likeness (QED) is 0.868. The minimum absolute atomic E-state index is 0.0426. The van der Waals surface area contributed by atoms with Crippen LogP contribution >= 0.6 is 11.6 Å². The Hall–Kier alpha value is -1.14. The largest absolute Gasteiger partial charge is 0.306 e. The molecule has 1 saturated heterocycles. The normalized spacial score (nSPS) is 19.7. The fourth-order valence-electron chi connectivity index (χ4n) is 2.24. The molecule has 0 aliphatic carbocycles. The van der Waals surface area contributed by atoms with Crippen LogP contribution in [0, 0.1) is 11.3 Å². The molecule has 0 radical (unpaired) electrons. The first-order chi connectivity index (χ1) is 9.30. The highest BCUT2D eigenvalue weighted by molar-refractivity contribution is 7.89. The lowest BCUT2D eigenvalue weighted by molar-refractivity contribution is 0.213. The zero-order valence-electron chi connectivity index (χ0n) is 11.3. The van der Waals surface area contributed by atoms with Crippen molar-refractivity contribution in [2.45, 2.75) is 23.4 Å². The Labute approximate surface area is 123 Å². The third kappa shape index (κ3) is 2.81. The second-order valence-electron chi connectivity index (χ2n) is 5.02. The maximum atomic E-state index is 12.4. The van der Waals surface area contributed by atoms with Crippen molar-refractivity contribution in [1.29, 1.82) is 5.26 Å². The molecule has 2 rings (SSSR count). The second kappa shape index (κ2) is 5.33. The fraction of sp³-hybridized carbons (Fsp3) is 0.636. The van der Waals surface area contributed by atoms with Gasteiger partial charge < -0.3 is 4.90 Å².